The van der Waals surface area contributed by atoms with Crippen LogP contribution in [-0.4, -0.2) is 17.2 Å². The fourth-order valence-electron chi connectivity index (χ4n) is 4.70. The highest BCUT2D eigenvalue weighted by Gasteiger charge is 2.49. The maximum absolute atomic E-state index is 10.8. The molecule has 102 valence electrons. The number of hydrogen-bond donors (Lipinski definition) is 1. The molecule has 1 N–H and O–H groups in total. The number of rotatable bonds is 3. The molecule has 1 aromatic heterocycles. The van der Waals surface area contributed by atoms with E-state index in [-0.39, 0.29) is 11.9 Å². The lowest BCUT2D eigenvalue weighted by Crippen LogP contribution is -2.50. The monoisotopic (exact) mass is 262 g/mol. The van der Waals surface area contributed by atoms with Gasteiger partial charge in [-0.1, -0.05) is 0 Å². The molecule has 4 aliphatic carbocycles. The normalized spacial score (nSPS) is 39.5. The van der Waals surface area contributed by atoms with Crippen LogP contribution in [0, 0.1) is 23.7 Å². The van der Waals surface area contributed by atoms with Gasteiger partial charge in [0, 0.05) is 6.07 Å². The Morgan fingerprint density at radius 3 is 2.26 bits per heavy atom. The van der Waals surface area contributed by atoms with Gasteiger partial charge in [-0.2, -0.15) is 0 Å². The van der Waals surface area contributed by atoms with Crippen LogP contribution in [0.25, 0.3) is 0 Å². The summed E-state index contributed by atoms with van der Waals surface area (Å²) in [4.78, 5) is 10.8. The Hall–Kier alpha value is -1.45. The molecule has 4 bridgehead atoms. The number of ether oxygens (including phenoxy) is 1. The molecule has 0 aliphatic heterocycles. The number of furan rings is 1. The first-order chi connectivity index (χ1) is 9.19. The van der Waals surface area contributed by atoms with Gasteiger partial charge in [-0.3, -0.25) is 0 Å². The quantitative estimate of drug-likeness (QED) is 0.908. The molecule has 0 aromatic carbocycles. The molecular formula is C15H18O4. The first-order valence-corrected chi connectivity index (χ1v) is 7.19. The Balaban J connectivity index is 1.51. The fraction of sp³-hybridized carbons (Fsp3) is 0.667. The molecular weight excluding hydrogens is 244 g/mol. The van der Waals surface area contributed by atoms with E-state index >= 15 is 0 Å². The minimum absolute atomic E-state index is 0.0428. The Labute approximate surface area is 111 Å². The number of hydrogen-bond acceptors (Lipinski definition) is 3. The zero-order chi connectivity index (χ0) is 13.0. The van der Waals surface area contributed by atoms with Crippen molar-refractivity contribution in [3.8, 4) is 5.95 Å². The SMILES string of the molecule is O=C(O)c1ccc(OC2C3CC4CC(C3)CC2C4)o1. The summed E-state index contributed by atoms with van der Waals surface area (Å²) in [5.41, 5.74) is 0. The van der Waals surface area contributed by atoms with E-state index in [0.717, 1.165) is 11.8 Å². The average Bonchev–Trinajstić information content (AvgIpc) is 2.81. The van der Waals surface area contributed by atoms with Crippen LogP contribution in [0.2, 0.25) is 0 Å². The van der Waals surface area contributed by atoms with E-state index in [1.54, 1.807) is 6.07 Å². The van der Waals surface area contributed by atoms with E-state index in [2.05, 4.69) is 0 Å². The van der Waals surface area contributed by atoms with Crippen LogP contribution in [-0.2, 0) is 0 Å². The van der Waals surface area contributed by atoms with Crippen LogP contribution in [0.5, 0.6) is 5.95 Å². The number of carboxylic acid groups (broad SMARTS) is 1. The summed E-state index contributed by atoms with van der Waals surface area (Å²) in [6.07, 6.45) is 6.78. The molecule has 0 amide bonds. The van der Waals surface area contributed by atoms with Crippen molar-refractivity contribution in [2.75, 3.05) is 0 Å². The maximum atomic E-state index is 10.8. The summed E-state index contributed by atoms with van der Waals surface area (Å²) >= 11 is 0. The van der Waals surface area contributed by atoms with Crippen LogP contribution >= 0.6 is 0 Å². The maximum Gasteiger partial charge on any atom is 0.371 e. The minimum atomic E-state index is -1.04. The molecule has 0 saturated heterocycles. The molecule has 4 aliphatic rings. The van der Waals surface area contributed by atoms with Gasteiger partial charge in [0.2, 0.25) is 5.76 Å². The van der Waals surface area contributed by atoms with Gasteiger partial charge in [-0.25, -0.2) is 4.79 Å². The van der Waals surface area contributed by atoms with Crippen molar-refractivity contribution < 1.29 is 19.1 Å². The minimum Gasteiger partial charge on any atom is -0.475 e. The van der Waals surface area contributed by atoms with Crippen molar-refractivity contribution in [3.05, 3.63) is 17.9 Å². The topological polar surface area (TPSA) is 59.7 Å². The first-order valence-electron chi connectivity index (χ1n) is 7.19. The molecule has 4 nitrogen and oxygen atoms in total. The molecule has 1 heterocycles. The van der Waals surface area contributed by atoms with Crippen molar-refractivity contribution in [2.45, 2.75) is 38.2 Å². The highest BCUT2D eigenvalue weighted by Crippen LogP contribution is 2.54. The van der Waals surface area contributed by atoms with Crippen molar-refractivity contribution in [3.63, 3.8) is 0 Å². The molecule has 19 heavy (non-hydrogen) atoms. The van der Waals surface area contributed by atoms with Crippen molar-refractivity contribution in [1.82, 2.24) is 0 Å². The van der Waals surface area contributed by atoms with Gasteiger partial charge in [0.1, 0.15) is 6.10 Å². The average molecular weight is 262 g/mol. The standard InChI is InChI=1S/C15H18O4/c16-15(17)12-1-2-13(18-12)19-14-10-4-8-3-9(6-10)7-11(14)5-8/h1-2,8-11,14H,3-7H2,(H,16,17). The summed E-state index contributed by atoms with van der Waals surface area (Å²) < 4.78 is 11.2. The van der Waals surface area contributed by atoms with E-state index in [0.29, 0.717) is 17.8 Å². The summed E-state index contributed by atoms with van der Waals surface area (Å²) in [6.45, 7) is 0. The summed E-state index contributed by atoms with van der Waals surface area (Å²) in [6, 6.07) is 3.10. The third-order valence-corrected chi connectivity index (χ3v) is 5.18. The van der Waals surface area contributed by atoms with E-state index in [4.69, 9.17) is 14.3 Å². The van der Waals surface area contributed by atoms with Crippen molar-refractivity contribution >= 4 is 5.97 Å². The van der Waals surface area contributed by atoms with Crippen LogP contribution in [0.15, 0.2) is 16.5 Å². The lowest BCUT2D eigenvalue weighted by molar-refractivity contribution is -0.0863. The summed E-state index contributed by atoms with van der Waals surface area (Å²) in [5.74, 6) is 2.40. The molecule has 0 radical (unpaired) electrons. The van der Waals surface area contributed by atoms with Gasteiger partial charge < -0.3 is 14.3 Å². The molecule has 4 fully saturated rings. The summed E-state index contributed by atoms with van der Waals surface area (Å²) in [7, 11) is 0. The van der Waals surface area contributed by atoms with Gasteiger partial charge in [-0.15, -0.1) is 0 Å². The lowest BCUT2D eigenvalue weighted by Gasteiger charge is -2.53. The third-order valence-electron chi connectivity index (χ3n) is 5.18. The van der Waals surface area contributed by atoms with Crippen LogP contribution in [0.3, 0.4) is 0 Å². The second-order valence-electron chi connectivity index (χ2n) is 6.44. The predicted octanol–water partition coefficient (Wildman–Crippen LogP) is 3.18. The zero-order valence-corrected chi connectivity index (χ0v) is 10.7. The van der Waals surface area contributed by atoms with Gasteiger partial charge in [0.15, 0.2) is 0 Å². The zero-order valence-electron chi connectivity index (χ0n) is 10.7. The van der Waals surface area contributed by atoms with E-state index in [9.17, 15) is 4.79 Å². The van der Waals surface area contributed by atoms with Crippen LogP contribution < -0.4 is 4.74 Å². The molecule has 0 spiro atoms. The highest BCUT2D eigenvalue weighted by atomic mass is 16.6. The number of carboxylic acids is 1. The van der Waals surface area contributed by atoms with Gasteiger partial charge in [0.25, 0.3) is 5.95 Å². The fourth-order valence-corrected chi connectivity index (χ4v) is 4.70. The Bertz CT molecular complexity index is 476. The Morgan fingerprint density at radius 1 is 1.11 bits per heavy atom. The van der Waals surface area contributed by atoms with Crippen LogP contribution in [0.1, 0.15) is 42.7 Å². The highest BCUT2D eigenvalue weighted by molar-refractivity contribution is 5.84. The molecule has 5 rings (SSSR count). The van der Waals surface area contributed by atoms with Gasteiger partial charge >= 0.3 is 5.97 Å². The van der Waals surface area contributed by atoms with Crippen molar-refractivity contribution in [1.29, 1.82) is 0 Å². The molecule has 1 aromatic rings. The number of carbonyl (C=O) groups is 1. The predicted molar refractivity (Wildman–Crippen MR) is 67.1 cm³/mol. The molecule has 4 heteroatoms. The first kappa shape index (κ1) is 11.4. The largest absolute Gasteiger partial charge is 0.475 e. The van der Waals surface area contributed by atoms with E-state index in [1.165, 1.54) is 38.2 Å². The van der Waals surface area contributed by atoms with Gasteiger partial charge in [-0.05, 0) is 61.8 Å². The summed E-state index contributed by atoms with van der Waals surface area (Å²) in [5, 5.41) is 8.86. The smallest absolute Gasteiger partial charge is 0.371 e. The van der Waals surface area contributed by atoms with Crippen molar-refractivity contribution in [2.24, 2.45) is 23.7 Å². The Morgan fingerprint density at radius 2 is 1.74 bits per heavy atom. The van der Waals surface area contributed by atoms with Gasteiger partial charge in [0.05, 0.1) is 0 Å². The van der Waals surface area contributed by atoms with E-state index < -0.39 is 5.97 Å². The number of aromatic carboxylic acids is 1. The van der Waals surface area contributed by atoms with Crippen LogP contribution in [0.4, 0.5) is 0 Å². The molecule has 4 saturated carbocycles. The van der Waals surface area contributed by atoms with E-state index in [1.807, 2.05) is 0 Å². The third kappa shape index (κ3) is 1.85. The second kappa shape index (κ2) is 4.02. The Kier molecular flexibility index (Phi) is 2.41. The second-order valence-corrected chi connectivity index (χ2v) is 6.44. The lowest BCUT2D eigenvalue weighted by atomic mass is 9.55. The molecule has 0 unspecified atom stereocenters. The molecule has 0 atom stereocenters.